The zero-order valence-corrected chi connectivity index (χ0v) is 11.8. The summed E-state index contributed by atoms with van der Waals surface area (Å²) in [7, 11) is 1.90. The molecule has 1 nitrogen and oxygen atoms in total. The molecular weight excluding hydrogens is 293 g/mol. The first kappa shape index (κ1) is 13.1. The molecule has 0 amide bonds. The maximum absolute atomic E-state index is 13.9. The van der Waals surface area contributed by atoms with Gasteiger partial charge in [-0.1, -0.05) is 52.3 Å². The number of hydrogen-bond donors (Lipinski definition) is 0. The molecule has 0 aliphatic rings. The maximum atomic E-state index is 13.9. The van der Waals surface area contributed by atoms with E-state index < -0.39 is 0 Å². The first-order chi connectivity index (χ1) is 8.70. The molecule has 0 fully saturated rings. The van der Waals surface area contributed by atoms with Gasteiger partial charge in [-0.05, 0) is 23.3 Å². The minimum atomic E-state index is -0.176. The molecule has 2 aromatic carbocycles. The maximum Gasteiger partial charge on any atom is 0.146 e. The van der Waals surface area contributed by atoms with Crippen LogP contribution in [0.15, 0.2) is 48.5 Å². The molecule has 0 saturated heterocycles. The summed E-state index contributed by atoms with van der Waals surface area (Å²) in [6.07, 6.45) is 0. The summed E-state index contributed by atoms with van der Waals surface area (Å²) in [5.74, 6) is -0.176. The summed E-state index contributed by atoms with van der Waals surface area (Å²) < 4.78 is 13.9. The summed E-state index contributed by atoms with van der Waals surface area (Å²) in [4.78, 5) is 1.92. The van der Waals surface area contributed by atoms with Crippen LogP contribution in [0.4, 0.5) is 10.1 Å². The highest BCUT2D eigenvalue weighted by molar-refractivity contribution is 9.08. The molecule has 0 spiro atoms. The van der Waals surface area contributed by atoms with Gasteiger partial charge in [-0.2, -0.15) is 0 Å². The van der Waals surface area contributed by atoms with Crippen LogP contribution in [0.3, 0.4) is 0 Å². The summed E-state index contributed by atoms with van der Waals surface area (Å²) >= 11 is 3.33. The Kier molecular flexibility index (Phi) is 4.37. The van der Waals surface area contributed by atoms with E-state index in [-0.39, 0.29) is 5.82 Å². The van der Waals surface area contributed by atoms with Crippen molar-refractivity contribution < 1.29 is 4.39 Å². The highest BCUT2D eigenvalue weighted by atomic mass is 79.9. The van der Waals surface area contributed by atoms with Gasteiger partial charge in [-0.3, -0.25) is 0 Å². The standard InChI is InChI=1S/C15H15BrFN/c1-18(11-12-5-3-2-4-6-12)15-8-7-13(10-16)9-14(15)17/h2-9H,10-11H2,1H3. The zero-order valence-electron chi connectivity index (χ0n) is 10.2. The van der Waals surface area contributed by atoms with Crippen LogP contribution in [0.25, 0.3) is 0 Å². The fourth-order valence-electron chi connectivity index (χ4n) is 1.89. The van der Waals surface area contributed by atoms with Crippen LogP contribution in [-0.2, 0) is 11.9 Å². The molecule has 0 bridgehead atoms. The Morgan fingerprint density at radius 2 is 1.78 bits per heavy atom. The molecule has 94 valence electrons. The third kappa shape index (κ3) is 3.10. The monoisotopic (exact) mass is 307 g/mol. The second kappa shape index (κ2) is 6.01. The van der Waals surface area contributed by atoms with Gasteiger partial charge in [0.1, 0.15) is 5.82 Å². The molecule has 0 aliphatic carbocycles. The lowest BCUT2D eigenvalue weighted by Gasteiger charge is -2.20. The molecule has 0 radical (unpaired) electrons. The molecule has 0 atom stereocenters. The minimum absolute atomic E-state index is 0.176. The lowest BCUT2D eigenvalue weighted by Crippen LogP contribution is -2.17. The molecule has 0 saturated carbocycles. The molecule has 3 heteroatoms. The molecule has 18 heavy (non-hydrogen) atoms. The van der Waals surface area contributed by atoms with Crippen LogP contribution in [-0.4, -0.2) is 7.05 Å². The first-order valence-electron chi connectivity index (χ1n) is 5.80. The second-order valence-electron chi connectivity index (χ2n) is 4.26. The summed E-state index contributed by atoms with van der Waals surface area (Å²) in [5, 5.41) is 0.673. The van der Waals surface area contributed by atoms with Gasteiger partial charge in [0.2, 0.25) is 0 Å². The number of halogens is 2. The number of benzene rings is 2. The van der Waals surface area contributed by atoms with E-state index in [9.17, 15) is 4.39 Å². The van der Waals surface area contributed by atoms with E-state index in [2.05, 4.69) is 15.9 Å². The highest BCUT2D eigenvalue weighted by Gasteiger charge is 2.08. The molecule has 0 aromatic heterocycles. The molecule has 0 aliphatic heterocycles. The topological polar surface area (TPSA) is 3.24 Å². The Balaban J connectivity index is 2.16. The summed E-state index contributed by atoms with van der Waals surface area (Å²) in [6.45, 7) is 0.700. The van der Waals surface area contributed by atoms with Gasteiger partial charge in [0.25, 0.3) is 0 Å². The third-order valence-electron chi connectivity index (χ3n) is 2.84. The molecule has 2 aromatic rings. The van der Waals surface area contributed by atoms with Crippen molar-refractivity contribution >= 4 is 21.6 Å². The Hall–Kier alpha value is -1.35. The zero-order chi connectivity index (χ0) is 13.0. The molecular formula is C15H15BrFN. The van der Waals surface area contributed by atoms with Crippen LogP contribution in [0, 0.1) is 5.82 Å². The van der Waals surface area contributed by atoms with E-state index >= 15 is 0 Å². The highest BCUT2D eigenvalue weighted by Crippen LogP contribution is 2.22. The number of nitrogens with zero attached hydrogens (tertiary/aromatic N) is 1. The van der Waals surface area contributed by atoms with Crippen molar-refractivity contribution in [1.29, 1.82) is 0 Å². The lowest BCUT2D eigenvalue weighted by molar-refractivity contribution is 0.621. The van der Waals surface area contributed by atoms with Gasteiger partial charge in [0.15, 0.2) is 0 Å². The summed E-state index contributed by atoms with van der Waals surface area (Å²) in [5.41, 5.74) is 2.75. The normalized spacial score (nSPS) is 10.4. The van der Waals surface area contributed by atoms with Crippen LogP contribution in [0.2, 0.25) is 0 Å². The number of anilines is 1. The number of alkyl halides is 1. The predicted molar refractivity (Wildman–Crippen MR) is 77.6 cm³/mol. The Morgan fingerprint density at radius 3 is 2.39 bits per heavy atom. The van der Waals surface area contributed by atoms with E-state index in [1.165, 1.54) is 5.56 Å². The predicted octanol–water partition coefficient (Wildman–Crippen LogP) is 4.36. The average molecular weight is 308 g/mol. The molecule has 0 heterocycles. The fourth-order valence-corrected chi connectivity index (χ4v) is 2.23. The average Bonchev–Trinajstić information content (AvgIpc) is 2.39. The van der Waals surface area contributed by atoms with Gasteiger partial charge in [0, 0.05) is 18.9 Å². The molecule has 0 N–H and O–H groups in total. The quantitative estimate of drug-likeness (QED) is 0.759. The van der Waals surface area contributed by atoms with Gasteiger partial charge in [-0.25, -0.2) is 4.39 Å². The van der Waals surface area contributed by atoms with Crippen molar-refractivity contribution in [1.82, 2.24) is 0 Å². The Bertz CT molecular complexity index is 513. The largest absolute Gasteiger partial charge is 0.368 e. The Labute approximate surface area is 115 Å². The second-order valence-corrected chi connectivity index (χ2v) is 4.82. The van der Waals surface area contributed by atoms with Gasteiger partial charge in [-0.15, -0.1) is 0 Å². The van der Waals surface area contributed by atoms with Crippen LogP contribution >= 0.6 is 15.9 Å². The molecule has 2 rings (SSSR count). The fraction of sp³-hybridized carbons (Fsp3) is 0.200. The van der Waals surface area contributed by atoms with E-state index in [1.807, 2.05) is 54.4 Å². The van der Waals surface area contributed by atoms with Crippen molar-refractivity contribution in [3.63, 3.8) is 0 Å². The van der Waals surface area contributed by atoms with Gasteiger partial charge >= 0.3 is 0 Å². The van der Waals surface area contributed by atoms with Gasteiger partial charge in [0.05, 0.1) is 5.69 Å². The van der Waals surface area contributed by atoms with Crippen molar-refractivity contribution in [3.05, 3.63) is 65.5 Å². The number of rotatable bonds is 4. The SMILES string of the molecule is CN(Cc1ccccc1)c1ccc(CBr)cc1F. The van der Waals surface area contributed by atoms with E-state index in [4.69, 9.17) is 0 Å². The Morgan fingerprint density at radius 1 is 1.06 bits per heavy atom. The number of hydrogen-bond acceptors (Lipinski definition) is 1. The van der Waals surface area contributed by atoms with Crippen molar-refractivity contribution in [2.75, 3.05) is 11.9 Å². The van der Waals surface area contributed by atoms with Crippen LogP contribution in [0.1, 0.15) is 11.1 Å². The first-order valence-corrected chi connectivity index (χ1v) is 6.92. The van der Waals surface area contributed by atoms with E-state index in [0.717, 1.165) is 5.56 Å². The van der Waals surface area contributed by atoms with Gasteiger partial charge < -0.3 is 4.90 Å². The summed E-state index contributed by atoms with van der Waals surface area (Å²) in [6, 6.07) is 15.4. The minimum Gasteiger partial charge on any atom is -0.368 e. The third-order valence-corrected chi connectivity index (χ3v) is 3.49. The van der Waals surface area contributed by atoms with Crippen molar-refractivity contribution in [2.24, 2.45) is 0 Å². The lowest BCUT2D eigenvalue weighted by atomic mass is 10.1. The van der Waals surface area contributed by atoms with Crippen LogP contribution < -0.4 is 4.90 Å². The van der Waals surface area contributed by atoms with Crippen molar-refractivity contribution in [2.45, 2.75) is 11.9 Å². The van der Waals surface area contributed by atoms with Crippen LogP contribution in [0.5, 0.6) is 0 Å². The molecule has 0 unspecified atom stereocenters. The van der Waals surface area contributed by atoms with E-state index in [1.54, 1.807) is 6.07 Å². The van der Waals surface area contributed by atoms with E-state index in [0.29, 0.717) is 17.6 Å². The van der Waals surface area contributed by atoms with Crippen molar-refractivity contribution in [3.8, 4) is 0 Å². The smallest absolute Gasteiger partial charge is 0.146 e.